The van der Waals surface area contributed by atoms with Gasteiger partial charge in [0.15, 0.2) is 11.5 Å². The molecule has 1 aliphatic heterocycles. The van der Waals surface area contributed by atoms with E-state index in [2.05, 4.69) is 0 Å². The summed E-state index contributed by atoms with van der Waals surface area (Å²) in [6.07, 6.45) is 2.61. The molecule has 0 fully saturated rings. The number of aryl methyl sites for hydroxylation is 1. The van der Waals surface area contributed by atoms with Gasteiger partial charge in [0, 0.05) is 11.6 Å². The zero-order valence-corrected chi connectivity index (χ0v) is 8.19. The lowest BCUT2D eigenvalue weighted by molar-refractivity contribution is -0.131. The van der Waals surface area contributed by atoms with E-state index in [4.69, 9.17) is 14.6 Å². The van der Waals surface area contributed by atoms with Crippen LogP contribution in [0.4, 0.5) is 0 Å². The molecule has 0 saturated heterocycles. The molecule has 4 heteroatoms. The summed E-state index contributed by atoms with van der Waals surface area (Å²) in [5, 5.41) is 8.56. The number of benzene rings is 1. The highest BCUT2D eigenvalue weighted by Crippen LogP contribution is 2.37. The van der Waals surface area contributed by atoms with E-state index in [-0.39, 0.29) is 6.79 Å². The Kier molecular flexibility index (Phi) is 2.33. The first-order valence-electron chi connectivity index (χ1n) is 4.48. The lowest BCUT2D eigenvalue weighted by Crippen LogP contribution is -1.94. The average Bonchev–Trinajstić information content (AvgIpc) is 2.63. The first kappa shape index (κ1) is 9.58. The summed E-state index contributed by atoms with van der Waals surface area (Å²) in [7, 11) is 0. The van der Waals surface area contributed by atoms with Crippen molar-refractivity contribution in [3.63, 3.8) is 0 Å². The first-order valence-corrected chi connectivity index (χ1v) is 4.48. The van der Waals surface area contributed by atoms with Gasteiger partial charge in [-0.25, -0.2) is 4.79 Å². The molecule has 1 aromatic rings. The fraction of sp³-hybridized carbons (Fsp3) is 0.182. The largest absolute Gasteiger partial charge is 0.478 e. The van der Waals surface area contributed by atoms with E-state index in [0.29, 0.717) is 11.5 Å². The maximum atomic E-state index is 10.4. The zero-order chi connectivity index (χ0) is 10.8. The Bertz CT molecular complexity index is 434. The van der Waals surface area contributed by atoms with Crippen molar-refractivity contribution in [1.29, 1.82) is 0 Å². The van der Waals surface area contributed by atoms with Crippen LogP contribution in [0, 0.1) is 6.92 Å². The van der Waals surface area contributed by atoms with Gasteiger partial charge in [-0.2, -0.15) is 0 Å². The number of carboxylic acids is 1. The molecule has 78 valence electrons. The number of ether oxygens (including phenoxy) is 2. The summed E-state index contributed by atoms with van der Waals surface area (Å²) < 4.78 is 10.5. The van der Waals surface area contributed by atoms with Crippen LogP contribution in [0.1, 0.15) is 11.1 Å². The fourth-order valence-corrected chi connectivity index (χ4v) is 1.45. The van der Waals surface area contributed by atoms with Crippen LogP contribution < -0.4 is 9.47 Å². The Labute approximate surface area is 86.7 Å². The number of hydrogen-bond acceptors (Lipinski definition) is 3. The van der Waals surface area contributed by atoms with Gasteiger partial charge < -0.3 is 14.6 Å². The number of carbonyl (C=O) groups is 1. The van der Waals surface area contributed by atoms with Crippen LogP contribution in [0.15, 0.2) is 18.2 Å². The highest BCUT2D eigenvalue weighted by Gasteiger charge is 2.17. The third kappa shape index (κ3) is 1.79. The Balaban J connectivity index is 2.45. The topological polar surface area (TPSA) is 55.8 Å². The summed E-state index contributed by atoms with van der Waals surface area (Å²) in [4.78, 5) is 10.4. The third-order valence-electron chi connectivity index (χ3n) is 2.19. The molecule has 1 aliphatic rings. The molecular weight excluding hydrogens is 196 g/mol. The van der Waals surface area contributed by atoms with Gasteiger partial charge >= 0.3 is 5.97 Å². The molecule has 0 amide bonds. The Morgan fingerprint density at radius 1 is 1.47 bits per heavy atom. The van der Waals surface area contributed by atoms with Crippen LogP contribution in [0.5, 0.6) is 11.5 Å². The molecule has 2 rings (SSSR count). The van der Waals surface area contributed by atoms with E-state index >= 15 is 0 Å². The fourth-order valence-electron chi connectivity index (χ4n) is 1.45. The minimum atomic E-state index is -0.981. The van der Waals surface area contributed by atoms with E-state index in [1.165, 1.54) is 6.08 Å². The van der Waals surface area contributed by atoms with Crippen molar-refractivity contribution in [2.75, 3.05) is 6.79 Å². The van der Waals surface area contributed by atoms with Gasteiger partial charge in [0.1, 0.15) is 0 Å². The molecule has 4 nitrogen and oxygen atoms in total. The van der Waals surface area contributed by atoms with Gasteiger partial charge in [-0.05, 0) is 24.6 Å². The molecule has 0 radical (unpaired) electrons. The molecule has 15 heavy (non-hydrogen) atoms. The highest BCUT2D eigenvalue weighted by molar-refractivity contribution is 5.86. The van der Waals surface area contributed by atoms with Crippen molar-refractivity contribution in [3.8, 4) is 11.5 Å². The van der Waals surface area contributed by atoms with E-state index < -0.39 is 5.97 Å². The van der Waals surface area contributed by atoms with Gasteiger partial charge in [0.05, 0.1) is 0 Å². The molecule has 1 aromatic carbocycles. The van der Waals surface area contributed by atoms with Crippen molar-refractivity contribution < 1.29 is 19.4 Å². The molecule has 0 spiro atoms. The Morgan fingerprint density at radius 2 is 2.27 bits per heavy atom. The minimum absolute atomic E-state index is 0.187. The van der Waals surface area contributed by atoms with Crippen LogP contribution in [-0.2, 0) is 4.79 Å². The summed E-state index contributed by atoms with van der Waals surface area (Å²) >= 11 is 0. The van der Waals surface area contributed by atoms with Crippen molar-refractivity contribution in [2.45, 2.75) is 6.92 Å². The molecule has 0 bridgehead atoms. The van der Waals surface area contributed by atoms with Gasteiger partial charge in [0.2, 0.25) is 6.79 Å². The van der Waals surface area contributed by atoms with Crippen LogP contribution in [-0.4, -0.2) is 17.9 Å². The highest BCUT2D eigenvalue weighted by atomic mass is 16.7. The van der Waals surface area contributed by atoms with Crippen molar-refractivity contribution >= 4 is 12.0 Å². The van der Waals surface area contributed by atoms with Gasteiger partial charge in [-0.1, -0.05) is 6.07 Å². The summed E-state index contributed by atoms with van der Waals surface area (Å²) in [5.41, 5.74) is 1.71. The summed E-state index contributed by atoms with van der Waals surface area (Å²) in [6, 6.07) is 3.69. The standard InChI is InChI=1S/C11H10O4/c1-7-2-4-9-11(15-6-14-9)8(7)3-5-10(12)13/h2-5H,6H2,1H3,(H,12,13)/b5-3+. The number of rotatable bonds is 2. The maximum Gasteiger partial charge on any atom is 0.328 e. The van der Waals surface area contributed by atoms with E-state index in [1.54, 1.807) is 0 Å². The molecular formula is C11H10O4. The minimum Gasteiger partial charge on any atom is -0.478 e. The number of carboxylic acid groups (broad SMARTS) is 1. The second kappa shape index (κ2) is 3.65. The molecule has 1 N–H and O–H groups in total. The number of aliphatic carboxylic acids is 1. The normalized spacial score (nSPS) is 13.4. The number of hydrogen-bond donors (Lipinski definition) is 1. The van der Waals surface area contributed by atoms with E-state index in [9.17, 15) is 4.79 Å². The first-order chi connectivity index (χ1) is 7.18. The Hall–Kier alpha value is -1.97. The quantitative estimate of drug-likeness (QED) is 0.750. The smallest absolute Gasteiger partial charge is 0.328 e. The average molecular weight is 206 g/mol. The molecule has 0 atom stereocenters. The molecule has 1 heterocycles. The van der Waals surface area contributed by atoms with Crippen molar-refractivity contribution in [1.82, 2.24) is 0 Å². The third-order valence-corrected chi connectivity index (χ3v) is 2.19. The van der Waals surface area contributed by atoms with Crippen LogP contribution in [0.3, 0.4) is 0 Å². The lowest BCUT2D eigenvalue weighted by atomic mass is 10.1. The van der Waals surface area contributed by atoms with Crippen molar-refractivity contribution in [2.24, 2.45) is 0 Å². The van der Waals surface area contributed by atoms with Crippen LogP contribution in [0.2, 0.25) is 0 Å². The second-order valence-corrected chi connectivity index (χ2v) is 3.20. The second-order valence-electron chi connectivity index (χ2n) is 3.20. The molecule has 0 saturated carbocycles. The SMILES string of the molecule is Cc1ccc2c(c1/C=C/C(=O)O)OCO2. The van der Waals surface area contributed by atoms with E-state index in [1.807, 2.05) is 19.1 Å². The molecule has 0 aliphatic carbocycles. The summed E-state index contributed by atoms with van der Waals surface area (Å²) in [6.45, 7) is 2.08. The Morgan fingerprint density at radius 3 is 3.00 bits per heavy atom. The van der Waals surface area contributed by atoms with E-state index in [0.717, 1.165) is 17.2 Å². The number of fused-ring (bicyclic) bond motifs is 1. The monoisotopic (exact) mass is 206 g/mol. The van der Waals surface area contributed by atoms with Gasteiger partial charge in [-0.3, -0.25) is 0 Å². The van der Waals surface area contributed by atoms with Crippen molar-refractivity contribution in [3.05, 3.63) is 29.3 Å². The predicted molar refractivity (Wildman–Crippen MR) is 54.0 cm³/mol. The lowest BCUT2D eigenvalue weighted by Gasteiger charge is -2.04. The predicted octanol–water partition coefficient (Wildman–Crippen LogP) is 1.82. The van der Waals surface area contributed by atoms with Crippen LogP contribution in [0.25, 0.3) is 6.08 Å². The van der Waals surface area contributed by atoms with Gasteiger partial charge in [0.25, 0.3) is 0 Å². The molecule has 0 aromatic heterocycles. The zero-order valence-electron chi connectivity index (χ0n) is 8.19. The maximum absolute atomic E-state index is 10.4. The summed E-state index contributed by atoms with van der Waals surface area (Å²) in [5.74, 6) is 0.295. The molecule has 0 unspecified atom stereocenters. The van der Waals surface area contributed by atoms with Crippen LogP contribution >= 0.6 is 0 Å². The van der Waals surface area contributed by atoms with Gasteiger partial charge in [-0.15, -0.1) is 0 Å².